The Balaban J connectivity index is 1.40. The van der Waals surface area contributed by atoms with Gasteiger partial charge < -0.3 is 15.0 Å². The van der Waals surface area contributed by atoms with Gasteiger partial charge in [-0.3, -0.25) is 9.69 Å². The van der Waals surface area contributed by atoms with E-state index in [-0.39, 0.29) is 11.6 Å². The lowest BCUT2D eigenvalue weighted by atomic mass is 10.1. The van der Waals surface area contributed by atoms with Gasteiger partial charge in [-0.05, 0) is 43.0 Å². The zero-order valence-electron chi connectivity index (χ0n) is 18.9. The van der Waals surface area contributed by atoms with Crippen LogP contribution in [0.4, 0.5) is 10.1 Å². The number of hydrogen-bond donors (Lipinski definition) is 1. The number of halogens is 1. The topological polar surface area (TPSA) is 70.6 Å². The van der Waals surface area contributed by atoms with E-state index in [0.29, 0.717) is 17.6 Å². The molecule has 1 saturated heterocycles. The smallest absolute Gasteiger partial charge is 0.269 e. The zero-order valence-corrected chi connectivity index (χ0v) is 18.9. The van der Waals surface area contributed by atoms with Crippen molar-refractivity contribution >= 4 is 17.2 Å². The first kappa shape index (κ1) is 22.2. The first-order valence-electron chi connectivity index (χ1n) is 11.2. The number of piperazine rings is 1. The first-order valence-corrected chi connectivity index (χ1v) is 11.2. The molecule has 0 bridgehead atoms. The zero-order chi connectivity index (χ0) is 22.7. The van der Waals surface area contributed by atoms with Crippen molar-refractivity contribution < 1.29 is 13.9 Å². The van der Waals surface area contributed by atoms with E-state index < -0.39 is 5.95 Å². The second-order valence-corrected chi connectivity index (χ2v) is 8.12. The summed E-state index contributed by atoms with van der Waals surface area (Å²) >= 11 is 0. The van der Waals surface area contributed by atoms with Crippen molar-refractivity contribution in [2.45, 2.75) is 32.2 Å². The number of ether oxygens (including phenoxy) is 1. The van der Waals surface area contributed by atoms with Gasteiger partial charge in [0.1, 0.15) is 5.69 Å². The number of carbonyl (C=O) groups excluding carboxylic acids is 1. The highest BCUT2D eigenvalue weighted by molar-refractivity contribution is 5.92. The van der Waals surface area contributed by atoms with Gasteiger partial charge in [-0.1, -0.05) is 19.1 Å². The molecule has 8 heteroatoms. The highest BCUT2D eigenvalue weighted by atomic mass is 19.1. The Labute approximate surface area is 188 Å². The van der Waals surface area contributed by atoms with Crippen LogP contribution in [0.5, 0.6) is 5.88 Å². The Morgan fingerprint density at radius 2 is 1.97 bits per heavy atom. The van der Waals surface area contributed by atoms with Gasteiger partial charge in [0.2, 0.25) is 11.8 Å². The average Bonchev–Trinajstić information content (AvgIpc) is 3.33. The summed E-state index contributed by atoms with van der Waals surface area (Å²) in [6.07, 6.45) is 5.27. The second-order valence-electron chi connectivity index (χ2n) is 8.12. The Hall–Kier alpha value is -3.00. The molecule has 0 aromatic carbocycles. The third-order valence-electron chi connectivity index (χ3n) is 6.36. The molecule has 1 atom stereocenters. The number of hydrogen-bond acceptors (Lipinski definition) is 6. The molecule has 170 valence electrons. The van der Waals surface area contributed by atoms with Gasteiger partial charge >= 0.3 is 0 Å². The van der Waals surface area contributed by atoms with Crippen LogP contribution in [0.3, 0.4) is 0 Å². The monoisotopic (exact) mass is 439 g/mol. The number of aromatic nitrogens is 2. The van der Waals surface area contributed by atoms with Crippen molar-refractivity contribution in [3.63, 3.8) is 0 Å². The molecule has 0 saturated carbocycles. The van der Waals surface area contributed by atoms with Crippen LogP contribution < -0.4 is 15.0 Å². The summed E-state index contributed by atoms with van der Waals surface area (Å²) in [5.74, 6) is -0.278. The Morgan fingerprint density at radius 1 is 1.19 bits per heavy atom. The maximum Gasteiger partial charge on any atom is 0.269 e. The molecule has 0 radical (unpaired) electrons. The van der Waals surface area contributed by atoms with Gasteiger partial charge in [0.05, 0.1) is 18.5 Å². The molecule has 1 aliphatic carbocycles. The molecule has 2 aromatic heterocycles. The van der Waals surface area contributed by atoms with Crippen molar-refractivity contribution in [1.29, 1.82) is 0 Å². The number of anilines is 1. The van der Waals surface area contributed by atoms with Crippen LogP contribution in [0.25, 0.3) is 5.57 Å². The molecule has 0 spiro atoms. The average molecular weight is 440 g/mol. The van der Waals surface area contributed by atoms with Gasteiger partial charge in [0.15, 0.2) is 0 Å². The lowest BCUT2D eigenvalue weighted by Crippen LogP contribution is -2.49. The van der Waals surface area contributed by atoms with Crippen LogP contribution in [-0.2, 0) is 6.42 Å². The first-order chi connectivity index (χ1) is 15.5. The SMILES string of the molecule is CCc1ccc(C2=CC(N3CCN(c4ccc(C(=O)NC)nc4F)CC3)CC2)nc1OC. The lowest BCUT2D eigenvalue weighted by Gasteiger charge is -2.38. The number of nitrogens with zero attached hydrogens (tertiary/aromatic N) is 4. The summed E-state index contributed by atoms with van der Waals surface area (Å²) in [6, 6.07) is 7.78. The summed E-state index contributed by atoms with van der Waals surface area (Å²) in [5, 5.41) is 2.47. The molecule has 1 fully saturated rings. The molecule has 32 heavy (non-hydrogen) atoms. The van der Waals surface area contributed by atoms with E-state index in [9.17, 15) is 9.18 Å². The minimum atomic E-state index is -0.599. The number of allylic oxidation sites excluding steroid dienone is 1. The standard InChI is InChI=1S/C24H30FN5O2/c1-4-16-6-8-19(28-24(16)32-3)17-5-7-18(15-17)29-11-13-30(14-12-29)21-10-9-20(23(31)26-2)27-22(21)25/h6,8-10,15,18H,4-5,7,11-14H2,1-3H3,(H,26,31). The van der Waals surface area contributed by atoms with Crippen molar-refractivity contribution in [3.05, 3.63) is 53.2 Å². The fourth-order valence-electron chi connectivity index (χ4n) is 4.51. The summed E-state index contributed by atoms with van der Waals surface area (Å²) in [7, 11) is 3.17. The molecular weight excluding hydrogens is 409 g/mol. The van der Waals surface area contributed by atoms with Crippen molar-refractivity contribution in [2.75, 3.05) is 45.2 Å². The van der Waals surface area contributed by atoms with Crippen LogP contribution in [-0.4, -0.2) is 67.2 Å². The molecule has 1 aliphatic heterocycles. The predicted octanol–water partition coefficient (Wildman–Crippen LogP) is 2.91. The molecule has 3 heterocycles. The van der Waals surface area contributed by atoms with Crippen LogP contribution in [0.1, 0.15) is 41.5 Å². The number of carbonyl (C=O) groups is 1. The van der Waals surface area contributed by atoms with Crippen molar-refractivity contribution in [1.82, 2.24) is 20.2 Å². The fraction of sp³-hybridized carbons (Fsp3) is 0.458. The number of rotatable bonds is 6. The van der Waals surface area contributed by atoms with Crippen molar-refractivity contribution in [3.8, 4) is 5.88 Å². The van der Waals surface area contributed by atoms with Crippen LogP contribution in [0.15, 0.2) is 30.3 Å². The summed E-state index contributed by atoms with van der Waals surface area (Å²) in [4.78, 5) is 24.7. The van der Waals surface area contributed by atoms with Gasteiger partial charge in [0.25, 0.3) is 5.91 Å². The largest absolute Gasteiger partial charge is 0.481 e. The predicted molar refractivity (Wildman–Crippen MR) is 123 cm³/mol. The number of aryl methyl sites for hydroxylation is 1. The molecule has 2 aliphatic rings. The molecule has 2 aromatic rings. The second kappa shape index (κ2) is 9.65. The quantitative estimate of drug-likeness (QED) is 0.698. The maximum atomic E-state index is 14.5. The van der Waals surface area contributed by atoms with Gasteiger partial charge in [-0.2, -0.15) is 4.39 Å². The van der Waals surface area contributed by atoms with E-state index in [2.05, 4.69) is 40.3 Å². The fourth-order valence-corrected chi connectivity index (χ4v) is 4.51. The van der Waals surface area contributed by atoms with Gasteiger partial charge in [-0.15, -0.1) is 0 Å². The van der Waals surface area contributed by atoms with Gasteiger partial charge in [0, 0.05) is 44.8 Å². The normalized spacial score (nSPS) is 19.1. The number of methoxy groups -OCH3 is 1. The van der Waals surface area contributed by atoms with Crippen LogP contribution in [0, 0.1) is 5.95 Å². The van der Waals surface area contributed by atoms with Crippen LogP contribution in [0.2, 0.25) is 0 Å². The maximum absolute atomic E-state index is 14.5. The Bertz CT molecular complexity index is 1020. The summed E-state index contributed by atoms with van der Waals surface area (Å²) in [5.41, 5.74) is 3.91. The van der Waals surface area contributed by atoms with E-state index in [1.807, 2.05) is 4.90 Å². The van der Waals surface area contributed by atoms with E-state index >= 15 is 0 Å². The highest BCUT2D eigenvalue weighted by Crippen LogP contribution is 2.32. The number of amides is 1. The van der Waals surface area contributed by atoms with E-state index in [0.717, 1.165) is 56.7 Å². The van der Waals surface area contributed by atoms with E-state index in [4.69, 9.17) is 9.72 Å². The van der Waals surface area contributed by atoms with Crippen LogP contribution >= 0.6 is 0 Å². The molecule has 7 nitrogen and oxygen atoms in total. The molecule has 4 rings (SSSR count). The number of pyridine rings is 2. The molecule has 1 unspecified atom stereocenters. The Morgan fingerprint density at radius 3 is 2.62 bits per heavy atom. The van der Waals surface area contributed by atoms with Gasteiger partial charge in [-0.25, -0.2) is 9.97 Å². The third-order valence-corrected chi connectivity index (χ3v) is 6.36. The number of nitrogens with one attached hydrogen (secondary N) is 1. The summed E-state index contributed by atoms with van der Waals surface area (Å²) in [6.45, 7) is 5.22. The Kier molecular flexibility index (Phi) is 6.69. The highest BCUT2D eigenvalue weighted by Gasteiger charge is 2.28. The minimum Gasteiger partial charge on any atom is -0.481 e. The minimum absolute atomic E-state index is 0.0909. The lowest BCUT2D eigenvalue weighted by molar-refractivity contribution is 0.0957. The molecular formula is C24H30FN5O2. The van der Waals surface area contributed by atoms with Crippen molar-refractivity contribution in [2.24, 2.45) is 0 Å². The van der Waals surface area contributed by atoms with E-state index in [1.165, 1.54) is 12.6 Å². The third kappa shape index (κ3) is 4.46. The molecule has 1 amide bonds. The summed E-state index contributed by atoms with van der Waals surface area (Å²) < 4.78 is 20.0. The molecule has 1 N–H and O–H groups in total. The van der Waals surface area contributed by atoms with E-state index in [1.54, 1.807) is 19.2 Å².